The molecule has 3 rings (SSSR count). The van der Waals surface area contributed by atoms with Crippen molar-refractivity contribution < 1.29 is 9.53 Å². The molecule has 2 aromatic heterocycles. The molecule has 0 aliphatic heterocycles. The minimum atomic E-state index is -0.399. The topological polar surface area (TPSA) is 60.7 Å². The lowest BCUT2D eigenvalue weighted by atomic mass is 9.88. The highest BCUT2D eigenvalue weighted by Crippen LogP contribution is 2.27. The molecule has 0 unspecified atom stereocenters. The molecule has 7 heteroatoms. The van der Waals surface area contributed by atoms with Crippen LogP contribution in [0, 0.1) is 5.92 Å². The van der Waals surface area contributed by atoms with E-state index in [0.29, 0.717) is 15.7 Å². The van der Waals surface area contributed by atoms with Crippen LogP contribution in [0.2, 0.25) is 5.02 Å². The van der Waals surface area contributed by atoms with Crippen molar-refractivity contribution >= 4 is 33.9 Å². The Morgan fingerprint density at radius 2 is 2.04 bits per heavy atom. The standard InChI is InChI=1S/C18H17ClN2O3S/c1-11(2)16(12-3-5-13(19)6-4-12)17(23)24-10-14-9-15(22)21-7-8-25-18(21)20-14/h3-9,11,16H,10H2,1-2H3/t16-/m1/s1. The Balaban J connectivity index is 1.76. The van der Waals surface area contributed by atoms with Gasteiger partial charge in [0.15, 0.2) is 4.96 Å². The number of hydrogen-bond acceptors (Lipinski definition) is 5. The van der Waals surface area contributed by atoms with Crippen LogP contribution in [0.3, 0.4) is 0 Å². The summed E-state index contributed by atoms with van der Waals surface area (Å²) in [6.07, 6.45) is 1.67. The number of esters is 1. The molecule has 0 aliphatic carbocycles. The number of ether oxygens (including phenoxy) is 1. The van der Waals surface area contributed by atoms with Gasteiger partial charge in [-0.2, -0.15) is 0 Å². The summed E-state index contributed by atoms with van der Waals surface area (Å²) in [6, 6.07) is 8.56. The molecule has 25 heavy (non-hydrogen) atoms. The van der Waals surface area contributed by atoms with Crippen molar-refractivity contribution in [3.8, 4) is 0 Å². The summed E-state index contributed by atoms with van der Waals surface area (Å²) in [4.78, 5) is 29.5. The normalized spacial score (nSPS) is 12.5. The Morgan fingerprint density at radius 1 is 1.32 bits per heavy atom. The predicted molar refractivity (Wildman–Crippen MR) is 98.2 cm³/mol. The van der Waals surface area contributed by atoms with E-state index >= 15 is 0 Å². The Bertz CT molecular complexity index is 947. The van der Waals surface area contributed by atoms with Crippen LogP contribution in [0.4, 0.5) is 0 Å². The van der Waals surface area contributed by atoms with Crippen LogP contribution in [-0.4, -0.2) is 15.4 Å². The molecular weight excluding hydrogens is 360 g/mol. The van der Waals surface area contributed by atoms with Crippen LogP contribution < -0.4 is 5.56 Å². The zero-order chi connectivity index (χ0) is 18.0. The van der Waals surface area contributed by atoms with Gasteiger partial charge in [0.1, 0.15) is 6.61 Å². The summed E-state index contributed by atoms with van der Waals surface area (Å²) in [5.74, 6) is -0.679. The molecule has 130 valence electrons. The third kappa shape index (κ3) is 3.91. The van der Waals surface area contributed by atoms with Gasteiger partial charge in [0, 0.05) is 22.7 Å². The Labute approximate surface area is 153 Å². The van der Waals surface area contributed by atoms with Gasteiger partial charge < -0.3 is 4.74 Å². The number of carbonyl (C=O) groups is 1. The SMILES string of the molecule is CC(C)[C@@H](C(=O)OCc1cc(=O)n2ccsc2n1)c1ccc(Cl)cc1. The minimum Gasteiger partial charge on any atom is -0.459 e. The molecule has 5 nitrogen and oxygen atoms in total. The average molecular weight is 377 g/mol. The molecule has 2 heterocycles. The highest BCUT2D eigenvalue weighted by Gasteiger charge is 2.26. The van der Waals surface area contributed by atoms with Gasteiger partial charge in [-0.15, -0.1) is 11.3 Å². The molecule has 0 N–H and O–H groups in total. The maximum Gasteiger partial charge on any atom is 0.314 e. The van der Waals surface area contributed by atoms with Crippen LogP contribution in [0.25, 0.3) is 4.96 Å². The second-order valence-corrected chi connectivity index (χ2v) is 7.33. The molecule has 0 aliphatic rings. The van der Waals surface area contributed by atoms with Crippen LogP contribution in [-0.2, 0) is 16.1 Å². The summed E-state index contributed by atoms with van der Waals surface area (Å²) < 4.78 is 6.90. The summed E-state index contributed by atoms with van der Waals surface area (Å²) in [5, 5.41) is 2.41. The fraction of sp³-hybridized carbons (Fsp3) is 0.278. The molecule has 3 aromatic rings. The fourth-order valence-corrected chi connectivity index (χ4v) is 3.52. The molecule has 0 spiro atoms. The second-order valence-electron chi connectivity index (χ2n) is 6.02. The van der Waals surface area contributed by atoms with E-state index in [0.717, 1.165) is 5.56 Å². The first-order valence-electron chi connectivity index (χ1n) is 7.83. The van der Waals surface area contributed by atoms with Gasteiger partial charge in [-0.1, -0.05) is 37.6 Å². The smallest absolute Gasteiger partial charge is 0.314 e. The number of aromatic nitrogens is 2. The molecule has 0 saturated carbocycles. The summed E-state index contributed by atoms with van der Waals surface area (Å²) in [7, 11) is 0. The van der Waals surface area contributed by atoms with Crippen molar-refractivity contribution in [2.24, 2.45) is 5.92 Å². The zero-order valence-corrected chi connectivity index (χ0v) is 15.4. The minimum absolute atomic E-state index is 0.0285. The van der Waals surface area contributed by atoms with E-state index in [-0.39, 0.29) is 24.1 Å². The van der Waals surface area contributed by atoms with E-state index < -0.39 is 5.92 Å². The van der Waals surface area contributed by atoms with Crippen LogP contribution in [0.15, 0.2) is 46.7 Å². The van der Waals surface area contributed by atoms with Gasteiger partial charge in [0.05, 0.1) is 11.6 Å². The molecular formula is C18H17ClN2O3S. The molecule has 0 radical (unpaired) electrons. The molecule has 0 bridgehead atoms. The van der Waals surface area contributed by atoms with Gasteiger partial charge in [-0.25, -0.2) is 4.98 Å². The largest absolute Gasteiger partial charge is 0.459 e. The summed E-state index contributed by atoms with van der Waals surface area (Å²) >= 11 is 7.27. The summed E-state index contributed by atoms with van der Waals surface area (Å²) in [6.45, 7) is 3.89. The zero-order valence-electron chi connectivity index (χ0n) is 13.8. The Hall–Kier alpha value is -2.18. The van der Waals surface area contributed by atoms with E-state index in [2.05, 4.69) is 4.98 Å². The first-order valence-corrected chi connectivity index (χ1v) is 9.09. The maximum absolute atomic E-state index is 12.6. The first kappa shape index (κ1) is 17.6. The molecule has 1 atom stereocenters. The van der Waals surface area contributed by atoms with E-state index in [1.54, 1.807) is 23.7 Å². The van der Waals surface area contributed by atoms with Crippen molar-refractivity contribution in [3.05, 3.63) is 68.5 Å². The number of rotatable bonds is 5. The highest BCUT2D eigenvalue weighted by atomic mass is 35.5. The number of fused-ring (bicyclic) bond motifs is 1. The van der Waals surface area contributed by atoms with Gasteiger partial charge in [-0.05, 0) is 23.6 Å². The quantitative estimate of drug-likeness (QED) is 0.634. The molecule has 0 fully saturated rings. The van der Waals surface area contributed by atoms with Crippen LogP contribution in [0.1, 0.15) is 31.0 Å². The Morgan fingerprint density at radius 3 is 2.72 bits per heavy atom. The lowest BCUT2D eigenvalue weighted by Crippen LogP contribution is -2.21. The van der Waals surface area contributed by atoms with Gasteiger partial charge in [0.2, 0.25) is 0 Å². The lowest BCUT2D eigenvalue weighted by molar-refractivity contribution is -0.148. The predicted octanol–water partition coefficient (Wildman–Crippen LogP) is 3.89. The van der Waals surface area contributed by atoms with E-state index in [1.807, 2.05) is 26.0 Å². The first-order chi connectivity index (χ1) is 12.0. The third-order valence-corrected chi connectivity index (χ3v) is 4.88. The van der Waals surface area contributed by atoms with Crippen LogP contribution in [0.5, 0.6) is 0 Å². The fourth-order valence-electron chi connectivity index (χ4n) is 2.66. The van der Waals surface area contributed by atoms with Crippen molar-refractivity contribution in [3.63, 3.8) is 0 Å². The van der Waals surface area contributed by atoms with Crippen molar-refractivity contribution in [1.29, 1.82) is 0 Å². The lowest BCUT2D eigenvalue weighted by Gasteiger charge is -2.20. The van der Waals surface area contributed by atoms with E-state index in [1.165, 1.54) is 21.8 Å². The number of hydrogen-bond donors (Lipinski definition) is 0. The van der Waals surface area contributed by atoms with Gasteiger partial charge in [0.25, 0.3) is 5.56 Å². The monoisotopic (exact) mass is 376 g/mol. The number of halogens is 1. The highest BCUT2D eigenvalue weighted by molar-refractivity contribution is 7.15. The summed E-state index contributed by atoms with van der Waals surface area (Å²) in [5.41, 5.74) is 1.11. The number of nitrogens with zero attached hydrogens (tertiary/aromatic N) is 2. The third-order valence-electron chi connectivity index (χ3n) is 3.87. The van der Waals surface area contributed by atoms with E-state index in [9.17, 15) is 9.59 Å². The van der Waals surface area contributed by atoms with Gasteiger partial charge in [-0.3, -0.25) is 14.0 Å². The van der Waals surface area contributed by atoms with Crippen molar-refractivity contribution in [1.82, 2.24) is 9.38 Å². The number of carbonyl (C=O) groups excluding carboxylic acids is 1. The number of thiazole rings is 1. The van der Waals surface area contributed by atoms with Crippen molar-refractivity contribution in [2.75, 3.05) is 0 Å². The Kier molecular flexibility index (Phi) is 5.20. The average Bonchev–Trinajstić information content (AvgIpc) is 3.04. The van der Waals surface area contributed by atoms with E-state index in [4.69, 9.17) is 16.3 Å². The maximum atomic E-state index is 12.6. The second kappa shape index (κ2) is 7.37. The molecule has 0 saturated heterocycles. The van der Waals surface area contributed by atoms with Crippen LogP contribution >= 0.6 is 22.9 Å². The van der Waals surface area contributed by atoms with Crippen molar-refractivity contribution in [2.45, 2.75) is 26.4 Å². The van der Waals surface area contributed by atoms with Gasteiger partial charge >= 0.3 is 5.97 Å². The number of benzene rings is 1. The molecule has 1 aromatic carbocycles. The molecule has 0 amide bonds.